The third-order valence-electron chi connectivity index (χ3n) is 2.66. The van der Waals surface area contributed by atoms with E-state index in [9.17, 15) is 22.8 Å². The van der Waals surface area contributed by atoms with E-state index in [1.165, 1.54) is 41.8 Å². The second kappa shape index (κ2) is 7.01. The number of hydrogen-bond donors (Lipinski definition) is 0. The lowest BCUT2D eigenvalue weighted by molar-refractivity contribution is -0.171. The molecule has 0 spiro atoms. The highest BCUT2D eigenvalue weighted by Crippen LogP contribution is 2.24. The van der Waals surface area contributed by atoms with Gasteiger partial charge in [0, 0.05) is 5.02 Å². The van der Waals surface area contributed by atoms with E-state index < -0.39 is 23.8 Å². The number of ketones is 2. The second-order valence-corrected chi connectivity index (χ2v) is 5.68. The lowest BCUT2D eigenvalue weighted by atomic mass is 10.1. The van der Waals surface area contributed by atoms with Crippen molar-refractivity contribution in [1.29, 1.82) is 0 Å². The molecule has 0 aliphatic rings. The molecule has 0 bridgehead atoms. The summed E-state index contributed by atoms with van der Waals surface area (Å²) in [4.78, 5) is 23.5. The number of carbonyl (C=O) groups excluding carboxylic acids is 2. The Kier molecular flexibility index (Phi) is 5.27. The summed E-state index contributed by atoms with van der Waals surface area (Å²) in [7, 11) is 0. The van der Waals surface area contributed by atoms with Gasteiger partial charge < -0.3 is 0 Å². The summed E-state index contributed by atoms with van der Waals surface area (Å²) in [5, 5.41) is 8.77. The number of nitrogens with zero attached hydrogens (tertiary/aromatic N) is 2. The molecule has 0 aliphatic carbocycles. The van der Waals surface area contributed by atoms with E-state index in [-0.39, 0.29) is 10.6 Å². The predicted octanol–water partition coefficient (Wildman–Crippen LogP) is 4.87. The van der Waals surface area contributed by atoms with Crippen molar-refractivity contribution in [2.75, 3.05) is 0 Å². The van der Waals surface area contributed by atoms with E-state index in [1.807, 2.05) is 0 Å². The normalized spacial score (nSPS) is 13.2. The summed E-state index contributed by atoms with van der Waals surface area (Å²) in [6, 6.07) is 6.26. The Morgan fingerprint density at radius 3 is 2.30 bits per heavy atom. The summed E-state index contributed by atoms with van der Waals surface area (Å²) >= 11 is 6.60. The van der Waals surface area contributed by atoms with Crippen LogP contribution in [-0.4, -0.2) is 23.8 Å². The lowest BCUT2D eigenvalue weighted by Crippen LogP contribution is -2.38. The third-order valence-corrected chi connectivity index (χ3v) is 3.79. The van der Waals surface area contributed by atoms with Gasteiger partial charge in [-0.05, 0) is 35.7 Å². The summed E-state index contributed by atoms with van der Waals surface area (Å²) in [6.07, 6.45) is -5.18. The monoisotopic (exact) mass is 360 g/mol. The molecule has 4 nitrogen and oxygen atoms in total. The van der Waals surface area contributed by atoms with Gasteiger partial charge in [0.25, 0.3) is 5.78 Å². The highest BCUT2D eigenvalue weighted by atomic mass is 35.5. The number of alkyl halides is 3. The van der Waals surface area contributed by atoms with Crippen molar-refractivity contribution >= 4 is 40.2 Å². The number of hydrogen-bond acceptors (Lipinski definition) is 5. The van der Waals surface area contributed by atoms with Crippen LogP contribution in [0.4, 0.5) is 18.9 Å². The van der Waals surface area contributed by atoms with E-state index in [0.717, 1.165) is 11.3 Å². The minimum atomic E-state index is -5.18. The Morgan fingerprint density at radius 1 is 1.13 bits per heavy atom. The molecule has 0 N–H and O–H groups in total. The van der Waals surface area contributed by atoms with E-state index in [2.05, 4.69) is 10.2 Å². The quantitative estimate of drug-likeness (QED) is 0.434. The molecule has 9 heteroatoms. The first-order chi connectivity index (χ1) is 10.8. The SMILES string of the molecule is O=C(c1cccs1)C(N=Nc1ccc(Cl)cc1)C(=O)C(F)(F)F. The van der Waals surface area contributed by atoms with Gasteiger partial charge in [-0.15, -0.1) is 11.3 Å². The molecule has 1 unspecified atom stereocenters. The van der Waals surface area contributed by atoms with Gasteiger partial charge in [0.15, 0.2) is 0 Å². The number of carbonyl (C=O) groups is 2. The largest absolute Gasteiger partial charge is 0.452 e. The smallest absolute Gasteiger partial charge is 0.290 e. The minimum absolute atomic E-state index is 0.00246. The maximum Gasteiger partial charge on any atom is 0.452 e. The van der Waals surface area contributed by atoms with Crippen LogP contribution < -0.4 is 0 Å². The summed E-state index contributed by atoms with van der Waals surface area (Å²) in [6.45, 7) is 0. The number of benzene rings is 1. The van der Waals surface area contributed by atoms with Crippen LogP contribution in [0.15, 0.2) is 52.0 Å². The molecule has 23 heavy (non-hydrogen) atoms. The molecule has 0 saturated heterocycles. The second-order valence-electron chi connectivity index (χ2n) is 4.30. The molecule has 1 aromatic heterocycles. The van der Waals surface area contributed by atoms with Crippen LogP contribution in [0.2, 0.25) is 5.02 Å². The molecule has 0 amide bonds. The van der Waals surface area contributed by atoms with Crippen LogP contribution in [0.1, 0.15) is 9.67 Å². The van der Waals surface area contributed by atoms with Crippen LogP contribution in [0, 0.1) is 0 Å². The van der Waals surface area contributed by atoms with Gasteiger partial charge in [0.2, 0.25) is 11.8 Å². The van der Waals surface area contributed by atoms with Crippen molar-refractivity contribution in [3.05, 3.63) is 51.7 Å². The third kappa shape index (κ3) is 4.46. The van der Waals surface area contributed by atoms with Gasteiger partial charge in [-0.2, -0.15) is 23.4 Å². The van der Waals surface area contributed by atoms with Crippen molar-refractivity contribution in [3.63, 3.8) is 0 Å². The molecule has 1 heterocycles. The average Bonchev–Trinajstić information content (AvgIpc) is 3.02. The first-order valence-corrected chi connectivity index (χ1v) is 7.40. The van der Waals surface area contributed by atoms with Gasteiger partial charge in [-0.3, -0.25) is 9.59 Å². The molecule has 2 rings (SSSR count). The van der Waals surface area contributed by atoms with E-state index in [4.69, 9.17) is 11.6 Å². The number of thiophene rings is 1. The zero-order valence-electron chi connectivity index (χ0n) is 11.2. The summed E-state index contributed by atoms with van der Waals surface area (Å²) in [5.74, 6) is -3.30. The van der Waals surface area contributed by atoms with Gasteiger partial charge >= 0.3 is 6.18 Å². The van der Waals surface area contributed by atoms with Gasteiger partial charge in [-0.25, -0.2) is 0 Å². The van der Waals surface area contributed by atoms with Crippen LogP contribution in [0.5, 0.6) is 0 Å². The Morgan fingerprint density at radius 2 is 1.78 bits per heavy atom. The molecule has 0 radical (unpaired) electrons. The number of halogens is 4. The van der Waals surface area contributed by atoms with Crippen LogP contribution in [-0.2, 0) is 4.79 Å². The standard InChI is InChI=1S/C14H8ClF3N2O2S/c15-8-3-5-9(6-4-8)19-20-11(13(22)14(16,17)18)12(21)10-2-1-7-23-10/h1-7,11H. The summed E-state index contributed by atoms with van der Waals surface area (Å²) < 4.78 is 38.0. The number of Topliss-reactive ketones (excluding diaryl/α,β-unsaturated/α-hetero) is 2. The molecule has 2 aromatic rings. The van der Waals surface area contributed by atoms with Gasteiger partial charge in [-0.1, -0.05) is 17.7 Å². The fourth-order valence-corrected chi connectivity index (χ4v) is 2.38. The number of azo groups is 1. The van der Waals surface area contributed by atoms with Crippen LogP contribution >= 0.6 is 22.9 Å². The van der Waals surface area contributed by atoms with Gasteiger partial charge in [0.1, 0.15) is 0 Å². The molecule has 0 saturated carbocycles. The fourth-order valence-electron chi connectivity index (χ4n) is 1.56. The summed E-state index contributed by atoms with van der Waals surface area (Å²) in [5.41, 5.74) is 0.174. The van der Waals surface area contributed by atoms with Crippen LogP contribution in [0.25, 0.3) is 0 Å². The maximum atomic E-state index is 12.7. The van der Waals surface area contributed by atoms with Crippen molar-refractivity contribution in [2.45, 2.75) is 12.2 Å². The molecule has 120 valence electrons. The van der Waals surface area contributed by atoms with E-state index in [1.54, 1.807) is 0 Å². The highest BCUT2D eigenvalue weighted by molar-refractivity contribution is 7.12. The minimum Gasteiger partial charge on any atom is -0.290 e. The Balaban J connectivity index is 2.32. The predicted molar refractivity (Wildman–Crippen MR) is 79.5 cm³/mol. The Labute approximate surface area is 137 Å². The molecular weight excluding hydrogens is 353 g/mol. The first kappa shape index (κ1) is 17.3. The molecular formula is C14H8ClF3N2O2S. The van der Waals surface area contributed by atoms with Crippen molar-refractivity contribution in [2.24, 2.45) is 10.2 Å². The Hall–Kier alpha value is -2.06. The number of rotatable bonds is 5. The van der Waals surface area contributed by atoms with Crippen molar-refractivity contribution < 1.29 is 22.8 Å². The van der Waals surface area contributed by atoms with Crippen LogP contribution in [0.3, 0.4) is 0 Å². The molecule has 0 fully saturated rings. The van der Waals surface area contributed by atoms with E-state index in [0.29, 0.717) is 5.02 Å². The average molecular weight is 361 g/mol. The zero-order chi connectivity index (χ0) is 17.0. The van der Waals surface area contributed by atoms with E-state index >= 15 is 0 Å². The zero-order valence-corrected chi connectivity index (χ0v) is 12.8. The van der Waals surface area contributed by atoms with Crippen molar-refractivity contribution in [3.8, 4) is 0 Å². The topological polar surface area (TPSA) is 58.9 Å². The fraction of sp³-hybridized carbons (Fsp3) is 0.143. The molecule has 1 aromatic carbocycles. The van der Waals surface area contributed by atoms with Gasteiger partial charge in [0.05, 0.1) is 10.6 Å². The van der Waals surface area contributed by atoms with Crippen molar-refractivity contribution in [1.82, 2.24) is 0 Å². The lowest BCUT2D eigenvalue weighted by Gasteiger charge is -2.10. The molecule has 0 aliphatic heterocycles. The Bertz CT molecular complexity index is 727. The highest BCUT2D eigenvalue weighted by Gasteiger charge is 2.47. The first-order valence-electron chi connectivity index (χ1n) is 6.14. The maximum absolute atomic E-state index is 12.7. The molecule has 1 atom stereocenters.